The second kappa shape index (κ2) is 11.4. The van der Waals surface area contributed by atoms with Crippen LogP contribution in [0.3, 0.4) is 0 Å². The molecule has 0 aromatic heterocycles. The highest BCUT2D eigenvalue weighted by Gasteiger charge is 2.41. The molecule has 1 aliphatic heterocycles. The van der Waals surface area contributed by atoms with Gasteiger partial charge in [-0.3, -0.25) is 14.4 Å². The number of hydrogen-bond donors (Lipinski definition) is 1. The summed E-state index contributed by atoms with van der Waals surface area (Å²) in [5, 5.41) is 3.48. The molecule has 0 saturated carbocycles. The Balaban J connectivity index is 1.78. The number of unbranched alkanes of at least 4 members (excludes halogenated alkanes) is 1. The number of nitrogens with zero attached hydrogens (tertiary/aromatic N) is 2. The number of fused-ring (bicyclic) bond motifs is 1. The van der Waals surface area contributed by atoms with E-state index < -0.39 is 27.9 Å². The molecule has 1 aliphatic rings. The van der Waals surface area contributed by atoms with Gasteiger partial charge >= 0.3 is 0 Å². The number of carbonyl (C=O) groups is 3. The third-order valence-corrected chi connectivity index (χ3v) is 8.35. The first kappa shape index (κ1) is 27.0. The highest BCUT2D eigenvalue weighted by atomic mass is 35.5. The molecule has 1 N–H and O–H groups in total. The maximum Gasteiger partial charge on any atom is 0.269 e. The van der Waals surface area contributed by atoms with Gasteiger partial charge in [-0.15, -0.1) is 0 Å². The van der Waals surface area contributed by atoms with Gasteiger partial charge in [-0.05, 0) is 43.2 Å². The van der Waals surface area contributed by atoms with Crippen molar-refractivity contribution in [3.63, 3.8) is 0 Å². The SMILES string of the molecule is CCCCNC(=O)[C@@H](C)N(Cc1ccc(Cl)c(Cl)c1)C(=O)CCN1C(=O)c2ccccc2S1(=O)=O. The van der Waals surface area contributed by atoms with Crippen molar-refractivity contribution in [2.75, 3.05) is 13.1 Å². The smallest absolute Gasteiger partial charge is 0.269 e. The first-order chi connectivity index (χ1) is 16.6. The van der Waals surface area contributed by atoms with Crippen molar-refractivity contribution in [3.05, 3.63) is 63.6 Å². The van der Waals surface area contributed by atoms with Gasteiger partial charge in [0.2, 0.25) is 11.8 Å². The molecule has 2 aromatic rings. The van der Waals surface area contributed by atoms with E-state index in [1.807, 2.05) is 6.92 Å². The van der Waals surface area contributed by atoms with Crippen LogP contribution in [-0.4, -0.2) is 54.5 Å². The highest BCUT2D eigenvalue weighted by molar-refractivity contribution is 7.90. The molecule has 188 valence electrons. The second-order valence-electron chi connectivity index (χ2n) is 8.22. The first-order valence-electron chi connectivity index (χ1n) is 11.2. The largest absolute Gasteiger partial charge is 0.354 e. The lowest BCUT2D eigenvalue weighted by atomic mass is 10.1. The van der Waals surface area contributed by atoms with Gasteiger partial charge in [0.25, 0.3) is 15.9 Å². The molecule has 0 unspecified atom stereocenters. The molecule has 3 amide bonds. The number of amides is 3. The van der Waals surface area contributed by atoms with Crippen LogP contribution < -0.4 is 5.32 Å². The third kappa shape index (κ3) is 5.97. The van der Waals surface area contributed by atoms with Crippen molar-refractivity contribution in [1.82, 2.24) is 14.5 Å². The number of nitrogens with one attached hydrogen (secondary N) is 1. The van der Waals surface area contributed by atoms with E-state index in [0.717, 1.165) is 12.8 Å². The van der Waals surface area contributed by atoms with Gasteiger partial charge in [-0.25, -0.2) is 12.7 Å². The van der Waals surface area contributed by atoms with Crippen LogP contribution in [0.5, 0.6) is 0 Å². The van der Waals surface area contributed by atoms with E-state index in [1.54, 1.807) is 31.2 Å². The lowest BCUT2D eigenvalue weighted by Crippen LogP contribution is -2.48. The van der Waals surface area contributed by atoms with E-state index in [4.69, 9.17) is 23.2 Å². The number of hydrogen-bond acceptors (Lipinski definition) is 5. The van der Waals surface area contributed by atoms with Crippen LogP contribution >= 0.6 is 23.2 Å². The first-order valence-corrected chi connectivity index (χ1v) is 13.4. The number of halogens is 2. The third-order valence-electron chi connectivity index (χ3n) is 5.77. The van der Waals surface area contributed by atoms with E-state index in [-0.39, 0.29) is 35.9 Å². The van der Waals surface area contributed by atoms with Crippen molar-refractivity contribution in [2.24, 2.45) is 0 Å². The summed E-state index contributed by atoms with van der Waals surface area (Å²) in [5.41, 5.74) is 0.731. The summed E-state index contributed by atoms with van der Waals surface area (Å²) >= 11 is 12.1. The Bertz CT molecular complexity index is 1240. The van der Waals surface area contributed by atoms with Crippen molar-refractivity contribution >= 4 is 50.9 Å². The minimum absolute atomic E-state index is 0.0546. The Hall–Kier alpha value is -2.62. The molecular formula is C24H27Cl2N3O5S. The molecule has 2 aromatic carbocycles. The van der Waals surface area contributed by atoms with E-state index in [9.17, 15) is 22.8 Å². The lowest BCUT2D eigenvalue weighted by Gasteiger charge is -2.29. The molecule has 35 heavy (non-hydrogen) atoms. The second-order valence-corrected chi connectivity index (χ2v) is 10.9. The Labute approximate surface area is 215 Å². The zero-order valence-electron chi connectivity index (χ0n) is 19.5. The van der Waals surface area contributed by atoms with Crippen LogP contribution in [0, 0.1) is 0 Å². The van der Waals surface area contributed by atoms with Gasteiger partial charge < -0.3 is 10.2 Å². The van der Waals surface area contributed by atoms with Crippen LogP contribution in [0.4, 0.5) is 0 Å². The van der Waals surface area contributed by atoms with Crippen LogP contribution in [0.25, 0.3) is 0 Å². The summed E-state index contributed by atoms with van der Waals surface area (Å²) in [6.45, 7) is 3.80. The van der Waals surface area contributed by atoms with Gasteiger partial charge in [0, 0.05) is 26.1 Å². The molecule has 0 bridgehead atoms. The topological polar surface area (TPSA) is 104 Å². The average molecular weight is 540 g/mol. The fourth-order valence-corrected chi connectivity index (χ4v) is 5.64. The van der Waals surface area contributed by atoms with Gasteiger partial charge in [-0.2, -0.15) is 0 Å². The predicted molar refractivity (Wildman–Crippen MR) is 134 cm³/mol. The number of benzene rings is 2. The van der Waals surface area contributed by atoms with Gasteiger partial charge in [0.05, 0.1) is 15.6 Å². The molecule has 3 rings (SSSR count). The fourth-order valence-electron chi connectivity index (χ4n) is 3.75. The molecule has 0 saturated heterocycles. The molecule has 0 spiro atoms. The van der Waals surface area contributed by atoms with Crippen molar-refractivity contribution < 1.29 is 22.8 Å². The Morgan fingerprint density at radius 3 is 2.49 bits per heavy atom. The maximum absolute atomic E-state index is 13.3. The van der Waals surface area contributed by atoms with E-state index in [2.05, 4.69) is 5.32 Å². The zero-order chi connectivity index (χ0) is 25.8. The monoisotopic (exact) mass is 539 g/mol. The summed E-state index contributed by atoms with van der Waals surface area (Å²) in [6.07, 6.45) is 1.42. The molecule has 11 heteroatoms. The van der Waals surface area contributed by atoms with Gasteiger partial charge in [-0.1, -0.05) is 54.7 Å². The molecule has 0 aliphatic carbocycles. The van der Waals surface area contributed by atoms with Crippen LogP contribution in [0.15, 0.2) is 47.4 Å². The standard InChI is InChI=1S/C24H27Cl2N3O5S/c1-3-4-12-27-23(31)16(2)28(15-17-9-10-19(25)20(26)14-17)22(30)11-13-29-24(32)18-7-5-6-8-21(18)35(29,33)34/h5-10,14,16H,3-4,11-13,15H2,1-2H3,(H,27,31)/t16-/m1/s1. The van der Waals surface area contributed by atoms with Gasteiger partial charge in [0.15, 0.2) is 0 Å². The van der Waals surface area contributed by atoms with E-state index in [0.29, 0.717) is 26.5 Å². The fraction of sp³-hybridized carbons (Fsp3) is 0.375. The molecule has 0 radical (unpaired) electrons. The summed E-state index contributed by atoms with van der Waals surface area (Å²) < 4.78 is 26.3. The van der Waals surface area contributed by atoms with E-state index in [1.165, 1.54) is 23.1 Å². The summed E-state index contributed by atoms with van der Waals surface area (Å²) in [4.78, 5) is 40.0. The quantitative estimate of drug-likeness (QED) is 0.461. The highest BCUT2D eigenvalue weighted by Crippen LogP contribution is 2.30. The Morgan fingerprint density at radius 2 is 1.83 bits per heavy atom. The van der Waals surface area contributed by atoms with Crippen LogP contribution in [-0.2, 0) is 26.2 Å². The molecule has 0 fully saturated rings. The van der Waals surface area contributed by atoms with Crippen LogP contribution in [0.2, 0.25) is 10.0 Å². The Morgan fingerprint density at radius 1 is 1.11 bits per heavy atom. The van der Waals surface area contributed by atoms with E-state index >= 15 is 0 Å². The number of rotatable bonds is 10. The minimum atomic E-state index is -4.04. The summed E-state index contributed by atoms with van der Waals surface area (Å²) in [7, 11) is -4.04. The van der Waals surface area contributed by atoms with Crippen molar-refractivity contribution in [3.8, 4) is 0 Å². The minimum Gasteiger partial charge on any atom is -0.354 e. The maximum atomic E-state index is 13.3. The summed E-state index contributed by atoms with van der Waals surface area (Å²) in [6, 6.07) is 9.99. The van der Waals surface area contributed by atoms with Gasteiger partial charge in [0.1, 0.15) is 10.9 Å². The lowest BCUT2D eigenvalue weighted by molar-refractivity contribution is -0.140. The number of carbonyl (C=O) groups excluding carboxylic acids is 3. The summed E-state index contributed by atoms with van der Waals surface area (Å²) in [5.74, 6) is -1.48. The average Bonchev–Trinajstić information content (AvgIpc) is 3.03. The zero-order valence-corrected chi connectivity index (χ0v) is 21.8. The van der Waals surface area contributed by atoms with Crippen molar-refractivity contribution in [2.45, 2.75) is 50.6 Å². The molecule has 1 heterocycles. The normalized spacial score (nSPS) is 15.0. The van der Waals surface area contributed by atoms with Crippen molar-refractivity contribution in [1.29, 1.82) is 0 Å². The molecule has 1 atom stereocenters. The molecule has 8 nitrogen and oxygen atoms in total. The molecular weight excluding hydrogens is 513 g/mol. The van der Waals surface area contributed by atoms with Crippen LogP contribution in [0.1, 0.15) is 49.0 Å². The predicted octanol–water partition coefficient (Wildman–Crippen LogP) is 3.86. The Kier molecular flexibility index (Phi) is 8.79. The number of sulfonamides is 1.